The lowest BCUT2D eigenvalue weighted by molar-refractivity contribution is 0.0686. The molecule has 32 heavy (non-hydrogen) atoms. The standard InChI is InChI=1S/2C12H10N2O2/c2*15-12(16)10-7-4-8-13-11(10)14-9-5-2-1-3-6-9/h2*1-8H,(H,13,14)(H,15,16). The molecular formula is C24H20N4O4. The molecule has 2 aromatic carbocycles. The molecule has 8 nitrogen and oxygen atoms in total. The van der Waals surface area contributed by atoms with Gasteiger partial charge in [0.2, 0.25) is 0 Å². The average molecular weight is 428 g/mol. The van der Waals surface area contributed by atoms with E-state index in [0.29, 0.717) is 11.6 Å². The Morgan fingerprint density at radius 3 is 1.28 bits per heavy atom. The van der Waals surface area contributed by atoms with Gasteiger partial charge in [0, 0.05) is 23.8 Å². The van der Waals surface area contributed by atoms with Crippen LogP contribution in [0.1, 0.15) is 20.7 Å². The fraction of sp³-hybridized carbons (Fsp3) is 0. The van der Waals surface area contributed by atoms with Gasteiger partial charge in [0.25, 0.3) is 0 Å². The van der Waals surface area contributed by atoms with Crippen LogP contribution < -0.4 is 10.6 Å². The Bertz CT molecular complexity index is 1090. The first-order chi connectivity index (χ1) is 15.5. The molecule has 0 bridgehead atoms. The van der Waals surface area contributed by atoms with Crippen LogP contribution in [-0.4, -0.2) is 32.1 Å². The largest absolute Gasteiger partial charge is 0.478 e. The fourth-order valence-corrected chi connectivity index (χ4v) is 2.67. The average Bonchev–Trinajstić information content (AvgIpc) is 2.81. The zero-order valence-corrected chi connectivity index (χ0v) is 16.8. The van der Waals surface area contributed by atoms with E-state index in [4.69, 9.17) is 10.2 Å². The van der Waals surface area contributed by atoms with E-state index in [0.717, 1.165) is 11.4 Å². The van der Waals surface area contributed by atoms with Crippen molar-refractivity contribution in [2.45, 2.75) is 0 Å². The van der Waals surface area contributed by atoms with Crippen LogP contribution in [0.5, 0.6) is 0 Å². The summed E-state index contributed by atoms with van der Waals surface area (Å²) >= 11 is 0. The van der Waals surface area contributed by atoms with Gasteiger partial charge >= 0.3 is 11.9 Å². The fourth-order valence-electron chi connectivity index (χ4n) is 2.67. The summed E-state index contributed by atoms with van der Waals surface area (Å²) in [5.41, 5.74) is 1.94. The third kappa shape index (κ3) is 6.14. The lowest BCUT2D eigenvalue weighted by Gasteiger charge is -2.07. The number of para-hydroxylation sites is 2. The minimum atomic E-state index is -0.994. The maximum Gasteiger partial charge on any atom is 0.339 e. The van der Waals surface area contributed by atoms with Gasteiger partial charge in [-0.2, -0.15) is 0 Å². The summed E-state index contributed by atoms with van der Waals surface area (Å²) in [5, 5.41) is 23.9. The van der Waals surface area contributed by atoms with Crippen molar-refractivity contribution in [1.29, 1.82) is 0 Å². The number of aromatic nitrogens is 2. The van der Waals surface area contributed by atoms with E-state index in [9.17, 15) is 9.59 Å². The van der Waals surface area contributed by atoms with Gasteiger partial charge in [-0.15, -0.1) is 0 Å². The monoisotopic (exact) mass is 428 g/mol. The molecule has 160 valence electrons. The summed E-state index contributed by atoms with van der Waals surface area (Å²) in [6.07, 6.45) is 3.11. The van der Waals surface area contributed by atoms with Crippen LogP contribution >= 0.6 is 0 Å². The van der Waals surface area contributed by atoms with Crippen LogP contribution in [0.15, 0.2) is 97.3 Å². The number of nitrogens with one attached hydrogen (secondary N) is 2. The number of carboxylic acid groups (broad SMARTS) is 2. The molecule has 2 heterocycles. The van der Waals surface area contributed by atoms with E-state index < -0.39 is 11.9 Å². The van der Waals surface area contributed by atoms with E-state index in [-0.39, 0.29) is 11.1 Å². The van der Waals surface area contributed by atoms with Crippen LogP contribution in [0.2, 0.25) is 0 Å². The highest BCUT2D eigenvalue weighted by Gasteiger charge is 2.10. The summed E-state index contributed by atoms with van der Waals surface area (Å²) in [5.74, 6) is -1.29. The van der Waals surface area contributed by atoms with E-state index in [1.807, 2.05) is 60.7 Å². The molecular weight excluding hydrogens is 408 g/mol. The zero-order valence-electron chi connectivity index (χ0n) is 16.8. The molecule has 4 aromatic rings. The summed E-state index contributed by atoms with van der Waals surface area (Å²) in [7, 11) is 0. The maximum atomic E-state index is 10.9. The van der Waals surface area contributed by atoms with Gasteiger partial charge in [-0.05, 0) is 48.5 Å². The molecule has 0 unspecified atom stereocenters. The van der Waals surface area contributed by atoms with Crippen LogP contribution in [0.4, 0.5) is 23.0 Å². The summed E-state index contributed by atoms with van der Waals surface area (Å²) in [4.78, 5) is 29.9. The van der Waals surface area contributed by atoms with Gasteiger partial charge in [-0.1, -0.05) is 36.4 Å². The Hall–Kier alpha value is -4.72. The van der Waals surface area contributed by atoms with Crippen molar-refractivity contribution in [3.63, 3.8) is 0 Å². The lowest BCUT2D eigenvalue weighted by atomic mass is 10.2. The Morgan fingerprint density at radius 1 is 0.562 bits per heavy atom. The van der Waals surface area contributed by atoms with Crippen molar-refractivity contribution in [1.82, 2.24) is 9.97 Å². The highest BCUT2D eigenvalue weighted by atomic mass is 16.4. The number of anilines is 4. The second-order valence-corrected chi connectivity index (χ2v) is 6.39. The van der Waals surface area contributed by atoms with Gasteiger partial charge in [-0.3, -0.25) is 0 Å². The van der Waals surface area contributed by atoms with E-state index >= 15 is 0 Å². The number of hydrogen-bond donors (Lipinski definition) is 4. The first-order valence-corrected chi connectivity index (χ1v) is 9.55. The molecule has 0 aliphatic rings. The topological polar surface area (TPSA) is 124 Å². The molecule has 0 aliphatic carbocycles. The smallest absolute Gasteiger partial charge is 0.339 e. The predicted octanol–water partition coefficient (Wildman–Crippen LogP) is 5.05. The predicted molar refractivity (Wildman–Crippen MR) is 122 cm³/mol. The number of benzene rings is 2. The Balaban J connectivity index is 0.000000181. The van der Waals surface area contributed by atoms with Crippen molar-refractivity contribution >= 4 is 34.9 Å². The normalized spacial score (nSPS) is 9.75. The molecule has 8 heteroatoms. The van der Waals surface area contributed by atoms with Crippen molar-refractivity contribution < 1.29 is 19.8 Å². The molecule has 0 radical (unpaired) electrons. The molecule has 0 atom stereocenters. The quantitative estimate of drug-likeness (QED) is 0.336. The number of carboxylic acids is 2. The summed E-state index contributed by atoms with van der Waals surface area (Å²) < 4.78 is 0. The molecule has 2 aromatic heterocycles. The van der Waals surface area contributed by atoms with E-state index in [1.54, 1.807) is 24.5 Å². The second-order valence-electron chi connectivity index (χ2n) is 6.39. The molecule has 0 fully saturated rings. The Labute approximate surface area is 184 Å². The van der Waals surface area contributed by atoms with Crippen molar-refractivity contribution in [2.75, 3.05) is 10.6 Å². The second kappa shape index (κ2) is 10.9. The molecule has 4 rings (SSSR count). The molecule has 0 aliphatic heterocycles. The first kappa shape index (κ1) is 22.0. The van der Waals surface area contributed by atoms with Crippen LogP contribution in [-0.2, 0) is 0 Å². The maximum absolute atomic E-state index is 10.9. The summed E-state index contributed by atoms with van der Waals surface area (Å²) in [6, 6.07) is 24.9. The highest BCUT2D eigenvalue weighted by molar-refractivity contribution is 5.94. The molecule has 0 saturated carbocycles. The van der Waals surface area contributed by atoms with Gasteiger partial charge in [0.15, 0.2) is 0 Å². The molecule has 0 spiro atoms. The van der Waals surface area contributed by atoms with Gasteiger partial charge in [0.05, 0.1) is 0 Å². The minimum Gasteiger partial charge on any atom is -0.478 e. The minimum absolute atomic E-state index is 0.159. The van der Waals surface area contributed by atoms with Crippen LogP contribution in [0.25, 0.3) is 0 Å². The lowest BCUT2D eigenvalue weighted by Crippen LogP contribution is -2.04. The molecule has 0 amide bonds. The number of rotatable bonds is 6. The van der Waals surface area contributed by atoms with Crippen LogP contribution in [0, 0.1) is 0 Å². The van der Waals surface area contributed by atoms with E-state index in [1.165, 1.54) is 12.1 Å². The zero-order chi connectivity index (χ0) is 22.8. The number of aromatic carboxylic acids is 2. The van der Waals surface area contributed by atoms with E-state index in [2.05, 4.69) is 20.6 Å². The van der Waals surface area contributed by atoms with Gasteiger partial charge in [-0.25, -0.2) is 19.6 Å². The van der Waals surface area contributed by atoms with Crippen LogP contribution in [0.3, 0.4) is 0 Å². The first-order valence-electron chi connectivity index (χ1n) is 9.55. The number of carbonyl (C=O) groups is 2. The molecule has 4 N–H and O–H groups in total. The number of hydrogen-bond acceptors (Lipinski definition) is 6. The van der Waals surface area contributed by atoms with Gasteiger partial charge < -0.3 is 20.8 Å². The highest BCUT2D eigenvalue weighted by Crippen LogP contribution is 2.18. The third-order valence-corrected chi connectivity index (χ3v) is 4.15. The SMILES string of the molecule is O=C(O)c1cccnc1Nc1ccccc1.O=C(O)c1cccnc1Nc1ccccc1. The summed E-state index contributed by atoms with van der Waals surface area (Å²) in [6.45, 7) is 0. The third-order valence-electron chi connectivity index (χ3n) is 4.15. The number of nitrogens with zero attached hydrogens (tertiary/aromatic N) is 2. The van der Waals surface area contributed by atoms with Crippen molar-refractivity contribution in [2.24, 2.45) is 0 Å². The molecule has 0 saturated heterocycles. The Morgan fingerprint density at radius 2 is 0.938 bits per heavy atom. The Kier molecular flexibility index (Phi) is 7.48. The van der Waals surface area contributed by atoms with Gasteiger partial charge in [0.1, 0.15) is 22.8 Å². The van der Waals surface area contributed by atoms with Crippen molar-refractivity contribution in [3.05, 3.63) is 108 Å². The number of pyridine rings is 2. The van der Waals surface area contributed by atoms with Crippen molar-refractivity contribution in [3.8, 4) is 0 Å².